The lowest BCUT2D eigenvalue weighted by Crippen LogP contribution is -2.22. The van der Waals surface area contributed by atoms with Gasteiger partial charge in [-0.3, -0.25) is 14.9 Å². The van der Waals surface area contributed by atoms with Crippen LogP contribution in [0, 0.1) is 16.0 Å². The summed E-state index contributed by atoms with van der Waals surface area (Å²) in [5, 5.41) is 10.8. The average molecular weight is 285 g/mol. The van der Waals surface area contributed by atoms with Gasteiger partial charge in [0, 0.05) is 12.0 Å². The Morgan fingerprint density at radius 1 is 1.37 bits per heavy atom. The molecule has 0 aromatic heterocycles. The van der Waals surface area contributed by atoms with Crippen LogP contribution < -0.4 is 0 Å². The number of nitrogens with zero attached hydrogens (tertiary/aromatic N) is 1. The third-order valence-electron chi connectivity index (χ3n) is 2.89. The minimum atomic E-state index is -3.98. The predicted octanol–water partition coefficient (Wildman–Crippen LogP) is 1.98. The van der Waals surface area contributed by atoms with Gasteiger partial charge in [-0.05, 0) is 12.5 Å². The largest absolute Gasteiger partial charge is 0.298 e. The molecule has 0 aliphatic carbocycles. The summed E-state index contributed by atoms with van der Waals surface area (Å²) in [5.74, 6) is -1.51. The molecule has 1 rings (SSSR count). The van der Waals surface area contributed by atoms with Crippen molar-refractivity contribution in [3.63, 3.8) is 0 Å². The molecule has 1 aromatic carbocycles. The molecule has 0 fully saturated rings. The fourth-order valence-corrected chi connectivity index (χ4v) is 3.07. The highest BCUT2D eigenvalue weighted by molar-refractivity contribution is 7.92. The van der Waals surface area contributed by atoms with Crippen molar-refractivity contribution in [1.29, 1.82) is 0 Å². The zero-order valence-electron chi connectivity index (χ0n) is 10.7. The summed E-state index contributed by atoms with van der Waals surface area (Å²) in [4.78, 5) is 21.3. The van der Waals surface area contributed by atoms with Gasteiger partial charge in [-0.2, -0.15) is 0 Å². The van der Waals surface area contributed by atoms with Crippen LogP contribution in [-0.2, 0) is 14.6 Å². The van der Waals surface area contributed by atoms with E-state index < -0.39 is 36.9 Å². The molecule has 19 heavy (non-hydrogen) atoms. The topological polar surface area (TPSA) is 94.3 Å². The SMILES string of the molecule is CCC(C)C(=O)CS(=O)(=O)c1ccccc1[N+](=O)[O-]. The Morgan fingerprint density at radius 3 is 2.47 bits per heavy atom. The van der Waals surface area contributed by atoms with Crippen molar-refractivity contribution < 1.29 is 18.1 Å². The molecule has 1 atom stereocenters. The van der Waals surface area contributed by atoms with Gasteiger partial charge in [-0.25, -0.2) is 8.42 Å². The second kappa shape index (κ2) is 5.92. The van der Waals surface area contributed by atoms with Crippen LogP contribution in [0.4, 0.5) is 5.69 Å². The van der Waals surface area contributed by atoms with E-state index in [1.54, 1.807) is 13.8 Å². The van der Waals surface area contributed by atoms with Gasteiger partial charge < -0.3 is 0 Å². The van der Waals surface area contributed by atoms with Crippen LogP contribution in [0.1, 0.15) is 20.3 Å². The highest BCUT2D eigenvalue weighted by atomic mass is 32.2. The van der Waals surface area contributed by atoms with Crippen LogP contribution in [0.5, 0.6) is 0 Å². The summed E-state index contributed by atoms with van der Waals surface area (Å²) in [7, 11) is -3.98. The van der Waals surface area contributed by atoms with Crippen molar-refractivity contribution in [3.8, 4) is 0 Å². The smallest absolute Gasteiger partial charge is 0.287 e. The third-order valence-corrected chi connectivity index (χ3v) is 4.57. The summed E-state index contributed by atoms with van der Waals surface area (Å²) in [6, 6.07) is 5.04. The molecule has 0 saturated heterocycles. The monoisotopic (exact) mass is 285 g/mol. The fraction of sp³-hybridized carbons (Fsp3) is 0.417. The first-order chi connectivity index (χ1) is 8.79. The average Bonchev–Trinajstić information content (AvgIpc) is 2.37. The highest BCUT2D eigenvalue weighted by Crippen LogP contribution is 2.24. The van der Waals surface area contributed by atoms with Crippen LogP contribution >= 0.6 is 0 Å². The van der Waals surface area contributed by atoms with E-state index >= 15 is 0 Å². The number of hydrogen-bond acceptors (Lipinski definition) is 5. The number of Topliss-reactive ketones (excluding diaryl/α,β-unsaturated/α-hetero) is 1. The normalized spacial score (nSPS) is 12.9. The van der Waals surface area contributed by atoms with Crippen LogP contribution in [0.15, 0.2) is 29.2 Å². The molecule has 0 radical (unpaired) electrons. The van der Waals surface area contributed by atoms with Gasteiger partial charge in [0.25, 0.3) is 5.69 Å². The number of rotatable bonds is 6. The maximum absolute atomic E-state index is 12.1. The number of benzene rings is 1. The Balaban J connectivity index is 3.15. The molecule has 0 spiro atoms. The summed E-state index contributed by atoms with van der Waals surface area (Å²) in [5.41, 5.74) is -0.501. The first-order valence-corrected chi connectivity index (χ1v) is 7.43. The molecule has 7 heteroatoms. The zero-order valence-corrected chi connectivity index (χ0v) is 11.5. The highest BCUT2D eigenvalue weighted by Gasteiger charge is 2.28. The van der Waals surface area contributed by atoms with Gasteiger partial charge in [0.05, 0.1) is 4.92 Å². The maximum Gasteiger partial charge on any atom is 0.287 e. The van der Waals surface area contributed by atoms with Gasteiger partial charge in [0.2, 0.25) is 0 Å². The van der Waals surface area contributed by atoms with Crippen molar-refractivity contribution in [2.75, 3.05) is 5.75 Å². The van der Waals surface area contributed by atoms with E-state index in [9.17, 15) is 23.3 Å². The lowest BCUT2D eigenvalue weighted by Gasteiger charge is -2.08. The number of nitro benzene ring substituents is 1. The van der Waals surface area contributed by atoms with E-state index in [4.69, 9.17) is 0 Å². The zero-order chi connectivity index (χ0) is 14.6. The van der Waals surface area contributed by atoms with E-state index in [0.29, 0.717) is 6.42 Å². The molecule has 104 valence electrons. The van der Waals surface area contributed by atoms with Crippen molar-refractivity contribution in [2.45, 2.75) is 25.2 Å². The second-order valence-electron chi connectivity index (χ2n) is 4.26. The molecule has 1 aromatic rings. The van der Waals surface area contributed by atoms with Gasteiger partial charge in [-0.15, -0.1) is 0 Å². The van der Waals surface area contributed by atoms with E-state index in [-0.39, 0.29) is 5.92 Å². The third kappa shape index (κ3) is 3.60. The number of ketones is 1. The number of hydrogen-bond donors (Lipinski definition) is 0. The van der Waals surface area contributed by atoms with Crippen molar-refractivity contribution in [2.24, 2.45) is 5.92 Å². The Bertz CT molecular complexity index is 594. The second-order valence-corrected chi connectivity index (χ2v) is 6.22. The first kappa shape index (κ1) is 15.3. The summed E-state index contributed by atoms with van der Waals surface area (Å²) >= 11 is 0. The standard InChI is InChI=1S/C12H15NO5S/c1-3-9(2)11(14)8-19(17,18)12-7-5-4-6-10(12)13(15)16/h4-7,9H,3,8H2,1-2H3. The molecule has 0 aliphatic rings. The van der Waals surface area contributed by atoms with E-state index in [1.807, 2.05) is 0 Å². The van der Waals surface area contributed by atoms with Crippen LogP contribution in [0.3, 0.4) is 0 Å². The molecule has 6 nitrogen and oxygen atoms in total. The molecule has 0 saturated carbocycles. The van der Waals surface area contributed by atoms with Gasteiger partial charge in [-0.1, -0.05) is 26.0 Å². The number of para-hydroxylation sites is 1. The number of sulfone groups is 1. The summed E-state index contributed by atoms with van der Waals surface area (Å²) in [6.45, 7) is 3.41. The van der Waals surface area contributed by atoms with Crippen LogP contribution in [0.25, 0.3) is 0 Å². The predicted molar refractivity (Wildman–Crippen MR) is 69.6 cm³/mol. The number of nitro groups is 1. The lowest BCUT2D eigenvalue weighted by atomic mass is 10.1. The molecular weight excluding hydrogens is 270 g/mol. The summed E-state index contributed by atoms with van der Waals surface area (Å²) in [6.07, 6.45) is 0.533. The number of carbonyl (C=O) groups is 1. The Kier molecular flexibility index (Phi) is 4.77. The Morgan fingerprint density at radius 2 is 1.95 bits per heavy atom. The van der Waals surface area contributed by atoms with Crippen molar-refractivity contribution in [1.82, 2.24) is 0 Å². The van der Waals surface area contributed by atoms with Crippen molar-refractivity contribution in [3.05, 3.63) is 34.4 Å². The molecule has 0 heterocycles. The minimum Gasteiger partial charge on any atom is -0.298 e. The Labute approximate surface area is 111 Å². The molecule has 0 aliphatic heterocycles. The summed E-state index contributed by atoms with van der Waals surface area (Å²) < 4.78 is 24.1. The van der Waals surface area contributed by atoms with Crippen LogP contribution in [0.2, 0.25) is 0 Å². The minimum absolute atomic E-state index is 0.377. The first-order valence-electron chi connectivity index (χ1n) is 5.78. The van der Waals surface area contributed by atoms with Gasteiger partial charge >= 0.3 is 0 Å². The Hall–Kier alpha value is -1.76. The molecule has 1 unspecified atom stereocenters. The van der Waals surface area contributed by atoms with Crippen molar-refractivity contribution >= 4 is 21.3 Å². The fourth-order valence-electron chi connectivity index (χ4n) is 1.51. The van der Waals surface area contributed by atoms with E-state index in [1.165, 1.54) is 12.1 Å². The van der Waals surface area contributed by atoms with E-state index in [0.717, 1.165) is 12.1 Å². The number of carbonyl (C=O) groups excluding carboxylic acids is 1. The molecular formula is C12H15NO5S. The van der Waals surface area contributed by atoms with Gasteiger partial charge in [0.15, 0.2) is 15.6 Å². The molecule has 0 N–H and O–H groups in total. The quantitative estimate of drug-likeness (QED) is 0.588. The van der Waals surface area contributed by atoms with Gasteiger partial charge in [0.1, 0.15) is 10.6 Å². The molecule has 0 amide bonds. The van der Waals surface area contributed by atoms with Crippen LogP contribution in [-0.4, -0.2) is 24.9 Å². The van der Waals surface area contributed by atoms with E-state index in [2.05, 4.69) is 0 Å². The lowest BCUT2D eigenvalue weighted by molar-refractivity contribution is -0.387. The molecule has 0 bridgehead atoms. The maximum atomic E-state index is 12.1.